The van der Waals surface area contributed by atoms with Crippen LogP contribution in [0, 0.1) is 13.8 Å². The molecule has 0 saturated heterocycles. The molecule has 6 nitrogen and oxygen atoms in total. The predicted molar refractivity (Wildman–Crippen MR) is 128 cm³/mol. The molecule has 0 radical (unpaired) electrons. The summed E-state index contributed by atoms with van der Waals surface area (Å²) in [7, 11) is 0. The lowest BCUT2D eigenvalue weighted by molar-refractivity contribution is 0.0474. The monoisotopic (exact) mass is 456 g/mol. The van der Waals surface area contributed by atoms with Crippen LogP contribution in [0.25, 0.3) is 27.2 Å². The van der Waals surface area contributed by atoms with E-state index < -0.39 is 11.6 Å². The summed E-state index contributed by atoms with van der Waals surface area (Å²) in [5.41, 5.74) is 4.45. The molecular formula is C26H20N2O4S. The Morgan fingerprint density at radius 2 is 1.85 bits per heavy atom. The fraction of sp³-hybridized carbons (Fsp3) is 0.115. The van der Waals surface area contributed by atoms with E-state index in [4.69, 9.17) is 9.15 Å². The summed E-state index contributed by atoms with van der Waals surface area (Å²) in [6.07, 6.45) is 1.68. The van der Waals surface area contributed by atoms with Crippen molar-refractivity contribution in [3.63, 3.8) is 0 Å². The number of benzene rings is 2. The van der Waals surface area contributed by atoms with Crippen LogP contribution >= 0.6 is 11.3 Å². The topological polar surface area (TPSA) is 74.3 Å². The minimum absolute atomic E-state index is 0.0518. The normalized spacial score (nSPS) is 11.1. The summed E-state index contributed by atoms with van der Waals surface area (Å²) in [6, 6.07) is 18.6. The van der Waals surface area contributed by atoms with Crippen LogP contribution in [0.15, 0.2) is 81.5 Å². The fourth-order valence-electron chi connectivity index (χ4n) is 3.65. The highest BCUT2D eigenvalue weighted by Crippen LogP contribution is 2.29. The molecule has 3 heterocycles. The number of hydrogen-bond donors (Lipinski definition) is 0. The zero-order chi connectivity index (χ0) is 22.9. The largest absolute Gasteiger partial charge is 0.457 e. The Bertz CT molecular complexity index is 1520. The Balaban J connectivity index is 1.49. The number of carbonyl (C=O) groups excluding carboxylic acids is 1. The average molecular weight is 457 g/mol. The molecule has 0 aliphatic rings. The Hall–Kier alpha value is -3.97. The van der Waals surface area contributed by atoms with E-state index >= 15 is 0 Å². The van der Waals surface area contributed by atoms with E-state index in [1.165, 1.54) is 17.4 Å². The smallest absolute Gasteiger partial charge is 0.342 e. The van der Waals surface area contributed by atoms with E-state index in [1.54, 1.807) is 10.9 Å². The van der Waals surface area contributed by atoms with E-state index in [2.05, 4.69) is 5.10 Å². The number of thiophene rings is 1. The van der Waals surface area contributed by atoms with Crippen LogP contribution in [-0.2, 0) is 11.3 Å². The number of carbonyl (C=O) groups is 1. The third kappa shape index (κ3) is 4.10. The zero-order valence-corrected chi connectivity index (χ0v) is 18.9. The molecule has 0 N–H and O–H groups in total. The molecule has 5 aromatic rings. The number of aromatic nitrogens is 2. The van der Waals surface area contributed by atoms with Crippen molar-refractivity contribution in [1.82, 2.24) is 9.78 Å². The van der Waals surface area contributed by atoms with E-state index in [1.807, 2.05) is 73.8 Å². The van der Waals surface area contributed by atoms with Gasteiger partial charge in [-0.05, 0) is 60.7 Å². The van der Waals surface area contributed by atoms with Crippen molar-refractivity contribution in [3.05, 3.63) is 105 Å². The standard InChI is InChI=1S/C26H20N2O4S/c1-16-11-20-18(13-24(29)32-22(20)12-17(16)2)15-31-26(30)21-14-28(19-7-4-3-5-8-19)27-25(21)23-9-6-10-33-23/h3-14H,15H2,1-2H3. The van der Waals surface area contributed by atoms with Crippen LogP contribution in [0.3, 0.4) is 0 Å². The number of nitrogens with zero attached hydrogens (tertiary/aromatic N) is 2. The summed E-state index contributed by atoms with van der Waals surface area (Å²) in [4.78, 5) is 26.1. The molecule has 0 spiro atoms. The molecule has 2 aromatic carbocycles. The van der Waals surface area contributed by atoms with Crippen LogP contribution in [-0.4, -0.2) is 15.7 Å². The second kappa shape index (κ2) is 8.52. The Morgan fingerprint density at radius 3 is 2.61 bits per heavy atom. The van der Waals surface area contributed by atoms with Crippen LogP contribution < -0.4 is 5.63 Å². The number of hydrogen-bond acceptors (Lipinski definition) is 6. The molecule has 164 valence electrons. The van der Waals surface area contributed by atoms with E-state index in [0.717, 1.165) is 27.1 Å². The molecule has 0 atom stereocenters. The molecule has 0 amide bonds. The lowest BCUT2D eigenvalue weighted by Crippen LogP contribution is -2.08. The molecule has 0 aliphatic heterocycles. The molecule has 3 aromatic heterocycles. The first-order chi connectivity index (χ1) is 16.0. The summed E-state index contributed by atoms with van der Waals surface area (Å²) in [5.74, 6) is -0.509. The van der Waals surface area contributed by atoms with Gasteiger partial charge in [0.2, 0.25) is 0 Å². The molecule has 0 fully saturated rings. The molecule has 0 bridgehead atoms. The highest BCUT2D eigenvalue weighted by atomic mass is 32.1. The molecule has 0 saturated carbocycles. The number of para-hydroxylation sites is 1. The van der Waals surface area contributed by atoms with Gasteiger partial charge in [0.15, 0.2) is 0 Å². The number of ether oxygens (including phenoxy) is 1. The van der Waals surface area contributed by atoms with Gasteiger partial charge >= 0.3 is 11.6 Å². The number of esters is 1. The van der Waals surface area contributed by atoms with Crippen molar-refractivity contribution in [2.45, 2.75) is 20.5 Å². The lowest BCUT2D eigenvalue weighted by Gasteiger charge is -2.09. The van der Waals surface area contributed by atoms with Crippen molar-refractivity contribution < 1.29 is 13.9 Å². The molecular weight excluding hydrogens is 436 g/mol. The van der Waals surface area contributed by atoms with Crippen LogP contribution in [0.2, 0.25) is 0 Å². The minimum atomic E-state index is -0.509. The molecule has 33 heavy (non-hydrogen) atoms. The summed E-state index contributed by atoms with van der Waals surface area (Å²) in [5, 5.41) is 7.34. The van der Waals surface area contributed by atoms with Gasteiger partial charge in [-0.3, -0.25) is 0 Å². The van der Waals surface area contributed by atoms with Crippen LogP contribution in [0.1, 0.15) is 27.0 Å². The van der Waals surface area contributed by atoms with Crippen molar-refractivity contribution in [2.75, 3.05) is 0 Å². The number of fused-ring (bicyclic) bond motifs is 1. The first-order valence-electron chi connectivity index (χ1n) is 10.4. The summed E-state index contributed by atoms with van der Waals surface area (Å²) < 4.78 is 12.7. The first kappa shape index (κ1) is 20.9. The molecule has 5 rings (SSSR count). The number of rotatable bonds is 5. The van der Waals surface area contributed by atoms with E-state index in [0.29, 0.717) is 22.4 Å². The maximum Gasteiger partial charge on any atom is 0.342 e. The van der Waals surface area contributed by atoms with E-state index in [9.17, 15) is 9.59 Å². The lowest BCUT2D eigenvalue weighted by atomic mass is 10.0. The van der Waals surface area contributed by atoms with Crippen molar-refractivity contribution in [1.29, 1.82) is 0 Å². The zero-order valence-electron chi connectivity index (χ0n) is 18.1. The minimum Gasteiger partial charge on any atom is -0.457 e. The van der Waals surface area contributed by atoms with E-state index in [-0.39, 0.29) is 6.61 Å². The van der Waals surface area contributed by atoms with Gasteiger partial charge in [-0.2, -0.15) is 5.10 Å². The third-order valence-corrected chi connectivity index (χ3v) is 6.39. The SMILES string of the molecule is Cc1cc2oc(=O)cc(COC(=O)c3cn(-c4ccccc4)nc3-c3cccs3)c2cc1C. The van der Waals surface area contributed by atoms with Gasteiger partial charge in [-0.1, -0.05) is 24.3 Å². The van der Waals surface area contributed by atoms with Crippen LogP contribution in [0.4, 0.5) is 0 Å². The fourth-order valence-corrected chi connectivity index (χ4v) is 4.38. The maximum atomic E-state index is 13.1. The molecule has 0 unspecified atom stereocenters. The van der Waals surface area contributed by atoms with Crippen molar-refractivity contribution in [3.8, 4) is 16.3 Å². The highest BCUT2D eigenvalue weighted by molar-refractivity contribution is 7.13. The summed E-state index contributed by atoms with van der Waals surface area (Å²) in [6.45, 7) is 3.89. The second-order valence-electron chi connectivity index (χ2n) is 7.75. The van der Waals surface area contributed by atoms with Gasteiger partial charge < -0.3 is 9.15 Å². The van der Waals surface area contributed by atoms with Gasteiger partial charge in [0.05, 0.1) is 10.6 Å². The molecule has 0 aliphatic carbocycles. The van der Waals surface area contributed by atoms with Crippen molar-refractivity contribution >= 4 is 28.3 Å². The quantitative estimate of drug-likeness (QED) is 0.251. The third-order valence-electron chi connectivity index (χ3n) is 5.51. The van der Waals surface area contributed by atoms with Crippen LogP contribution in [0.5, 0.6) is 0 Å². The van der Waals surface area contributed by atoms with Gasteiger partial charge in [0, 0.05) is 23.2 Å². The van der Waals surface area contributed by atoms with Gasteiger partial charge in [-0.15, -0.1) is 11.3 Å². The number of aryl methyl sites for hydroxylation is 2. The van der Waals surface area contributed by atoms with Gasteiger partial charge in [0.1, 0.15) is 23.4 Å². The maximum absolute atomic E-state index is 13.1. The molecule has 7 heteroatoms. The average Bonchev–Trinajstić information content (AvgIpc) is 3.49. The van der Waals surface area contributed by atoms with Gasteiger partial charge in [-0.25, -0.2) is 14.3 Å². The van der Waals surface area contributed by atoms with Crippen molar-refractivity contribution in [2.24, 2.45) is 0 Å². The second-order valence-corrected chi connectivity index (χ2v) is 8.70. The first-order valence-corrected chi connectivity index (χ1v) is 11.3. The Labute approximate surface area is 193 Å². The predicted octanol–water partition coefficient (Wildman–Crippen LogP) is 5.68. The Kier molecular flexibility index (Phi) is 5.40. The summed E-state index contributed by atoms with van der Waals surface area (Å²) >= 11 is 1.50. The van der Waals surface area contributed by atoms with Gasteiger partial charge in [0.25, 0.3) is 0 Å². The highest BCUT2D eigenvalue weighted by Gasteiger charge is 2.21. The Morgan fingerprint density at radius 1 is 1.06 bits per heavy atom.